The average molecular weight is 172 g/mol. The van der Waals surface area contributed by atoms with Crippen LogP contribution in [-0.4, -0.2) is 30.2 Å². The lowest BCUT2D eigenvalue weighted by atomic mass is 9.96. The van der Waals surface area contributed by atoms with E-state index in [1.165, 1.54) is 0 Å². The Hall–Kier alpha value is -0.120. The molecule has 2 unspecified atom stereocenters. The molecule has 70 valence electrons. The van der Waals surface area contributed by atoms with Crippen LogP contribution in [0.25, 0.3) is 0 Å². The van der Waals surface area contributed by atoms with E-state index in [2.05, 4.69) is 0 Å². The lowest BCUT2D eigenvalue weighted by molar-refractivity contribution is -0.286. The summed E-state index contributed by atoms with van der Waals surface area (Å²) in [6.45, 7) is 1.42. The highest BCUT2D eigenvalue weighted by atomic mass is 16.7. The van der Waals surface area contributed by atoms with Gasteiger partial charge in [0.2, 0.25) is 0 Å². The highest BCUT2D eigenvalue weighted by Gasteiger charge is 2.39. The highest BCUT2D eigenvalue weighted by Crippen LogP contribution is 2.34. The molecule has 2 aliphatic heterocycles. The Balaban J connectivity index is 1.97. The molecule has 3 nitrogen and oxygen atoms in total. The van der Waals surface area contributed by atoms with E-state index in [1.54, 1.807) is 0 Å². The van der Waals surface area contributed by atoms with Gasteiger partial charge in [0.15, 0.2) is 5.79 Å². The molecule has 2 saturated heterocycles. The van der Waals surface area contributed by atoms with Gasteiger partial charge in [-0.05, 0) is 19.3 Å². The molecule has 2 heterocycles. The number of ether oxygens (including phenoxy) is 2. The molecule has 2 fully saturated rings. The molecule has 0 bridgehead atoms. The van der Waals surface area contributed by atoms with Crippen molar-refractivity contribution in [2.45, 2.75) is 44.0 Å². The molecule has 2 aliphatic rings. The second-order valence-electron chi connectivity index (χ2n) is 3.71. The number of hydrogen-bond donors (Lipinski definition) is 1. The van der Waals surface area contributed by atoms with Crippen molar-refractivity contribution in [2.75, 3.05) is 13.2 Å². The summed E-state index contributed by atoms with van der Waals surface area (Å²) in [7, 11) is 0. The smallest absolute Gasteiger partial charge is 0.170 e. The van der Waals surface area contributed by atoms with Gasteiger partial charge in [-0.25, -0.2) is 0 Å². The highest BCUT2D eigenvalue weighted by molar-refractivity contribution is 4.81. The molecule has 1 spiro atoms. The first-order valence-corrected chi connectivity index (χ1v) is 4.77. The van der Waals surface area contributed by atoms with Gasteiger partial charge in [0, 0.05) is 12.8 Å². The number of aliphatic hydroxyl groups is 1. The summed E-state index contributed by atoms with van der Waals surface area (Å²) in [5.41, 5.74) is 0. The Labute approximate surface area is 72.7 Å². The van der Waals surface area contributed by atoms with Crippen molar-refractivity contribution >= 4 is 0 Å². The van der Waals surface area contributed by atoms with Crippen LogP contribution in [0.5, 0.6) is 0 Å². The van der Waals surface area contributed by atoms with Crippen LogP contribution in [0.15, 0.2) is 0 Å². The van der Waals surface area contributed by atoms with Gasteiger partial charge in [-0.1, -0.05) is 0 Å². The molecule has 3 heteroatoms. The SMILES string of the molecule is OC1CCOC2(CCCCO2)C1. The second kappa shape index (κ2) is 3.32. The predicted molar refractivity (Wildman–Crippen MR) is 43.7 cm³/mol. The zero-order valence-electron chi connectivity index (χ0n) is 7.29. The minimum absolute atomic E-state index is 0.225. The van der Waals surface area contributed by atoms with E-state index in [4.69, 9.17) is 9.47 Å². The van der Waals surface area contributed by atoms with E-state index in [1.807, 2.05) is 0 Å². The molecule has 0 aromatic rings. The summed E-state index contributed by atoms with van der Waals surface area (Å²) in [5.74, 6) is -0.421. The van der Waals surface area contributed by atoms with Crippen molar-refractivity contribution in [1.29, 1.82) is 0 Å². The molecule has 2 atom stereocenters. The Morgan fingerprint density at radius 3 is 2.67 bits per heavy atom. The van der Waals surface area contributed by atoms with Gasteiger partial charge in [0.05, 0.1) is 19.3 Å². The standard InChI is InChI=1S/C9H16O3/c10-8-3-6-12-9(7-8)4-1-2-5-11-9/h8,10H,1-7H2. The van der Waals surface area contributed by atoms with Crippen LogP contribution < -0.4 is 0 Å². The normalized spacial score (nSPS) is 43.2. The van der Waals surface area contributed by atoms with Crippen molar-refractivity contribution < 1.29 is 14.6 Å². The maximum atomic E-state index is 9.47. The molecule has 0 radical (unpaired) electrons. The molecular formula is C9H16O3. The Morgan fingerprint density at radius 2 is 2.00 bits per heavy atom. The first-order chi connectivity index (χ1) is 5.81. The summed E-state index contributed by atoms with van der Waals surface area (Å²) in [6, 6.07) is 0. The topological polar surface area (TPSA) is 38.7 Å². The van der Waals surface area contributed by atoms with E-state index < -0.39 is 5.79 Å². The van der Waals surface area contributed by atoms with Crippen LogP contribution >= 0.6 is 0 Å². The Bertz CT molecular complexity index is 146. The lowest BCUT2D eigenvalue weighted by Gasteiger charge is -2.41. The van der Waals surface area contributed by atoms with Crippen LogP contribution in [-0.2, 0) is 9.47 Å². The first kappa shape index (κ1) is 8.48. The van der Waals surface area contributed by atoms with Crippen molar-refractivity contribution in [3.8, 4) is 0 Å². The second-order valence-corrected chi connectivity index (χ2v) is 3.71. The minimum Gasteiger partial charge on any atom is -0.393 e. The number of rotatable bonds is 0. The predicted octanol–water partition coefficient (Wildman–Crippen LogP) is 1.05. The fraction of sp³-hybridized carbons (Fsp3) is 1.00. The molecule has 0 amide bonds. The lowest BCUT2D eigenvalue weighted by Crippen LogP contribution is -2.46. The van der Waals surface area contributed by atoms with Crippen molar-refractivity contribution in [3.63, 3.8) is 0 Å². The van der Waals surface area contributed by atoms with E-state index in [9.17, 15) is 5.11 Å². The summed E-state index contributed by atoms with van der Waals surface area (Å²) < 4.78 is 11.2. The molecular weight excluding hydrogens is 156 g/mol. The number of hydrogen-bond acceptors (Lipinski definition) is 3. The zero-order chi connectivity index (χ0) is 8.44. The summed E-state index contributed by atoms with van der Waals surface area (Å²) in [4.78, 5) is 0. The van der Waals surface area contributed by atoms with Crippen molar-refractivity contribution in [1.82, 2.24) is 0 Å². The van der Waals surface area contributed by atoms with Crippen LogP contribution in [0.2, 0.25) is 0 Å². The monoisotopic (exact) mass is 172 g/mol. The molecule has 0 aliphatic carbocycles. The molecule has 0 aromatic heterocycles. The van der Waals surface area contributed by atoms with Gasteiger partial charge in [-0.15, -0.1) is 0 Å². The summed E-state index contributed by atoms with van der Waals surface area (Å²) in [6.07, 6.45) is 4.42. The van der Waals surface area contributed by atoms with E-state index in [-0.39, 0.29) is 6.10 Å². The molecule has 0 aromatic carbocycles. The van der Waals surface area contributed by atoms with Crippen LogP contribution in [0.1, 0.15) is 32.1 Å². The third-order valence-electron chi connectivity index (χ3n) is 2.68. The minimum atomic E-state index is -0.421. The van der Waals surface area contributed by atoms with Gasteiger partial charge in [-0.2, -0.15) is 0 Å². The van der Waals surface area contributed by atoms with E-state index >= 15 is 0 Å². The molecule has 12 heavy (non-hydrogen) atoms. The fourth-order valence-electron chi connectivity index (χ4n) is 2.00. The van der Waals surface area contributed by atoms with Gasteiger partial charge in [0.25, 0.3) is 0 Å². The Morgan fingerprint density at radius 1 is 1.17 bits per heavy atom. The molecule has 1 N–H and O–H groups in total. The zero-order valence-corrected chi connectivity index (χ0v) is 7.29. The third-order valence-corrected chi connectivity index (χ3v) is 2.68. The quantitative estimate of drug-likeness (QED) is 0.593. The fourth-order valence-corrected chi connectivity index (χ4v) is 2.00. The van der Waals surface area contributed by atoms with Gasteiger partial charge < -0.3 is 14.6 Å². The molecule has 0 saturated carbocycles. The first-order valence-electron chi connectivity index (χ1n) is 4.77. The van der Waals surface area contributed by atoms with Crippen LogP contribution in [0.4, 0.5) is 0 Å². The summed E-state index contributed by atoms with van der Waals surface area (Å²) >= 11 is 0. The van der Waals surface area contributed by atoms with E-state index in [0.29, 0.717) is 13.0 Å². The number of aliphatic hydroxyl groups excluding tert-OH is 1. The van der Waals surface area contributed by atoms with Crippen LogP contribution in [0, 0.1) is 0 Å². The van der Waals surface area contributed by atoms with Crippen molar-refractivity contribution in [2.24, 2.45) is 0 Å². The third kappa shape index (κ3) is 1.63. The van der Waals surface area contributed by atoms with Crippen molar-refractivity contribution in [3.05, 3.63) is 0 Å². The summed E-state index contributed by atoms with van der Waals surface area (Å²) in [5, 5.41) is 9.47. The maximum Gasteiger partial charge on any atom is 0.170 e. The van der Waals surface area contributed by atoms with E-state index in [0.717, 1.165) is 32.3 Å². The Kier molecular flexibility index (Phi) is 2.35. The van der Waals surface area contributed by atoms with Gasteiger partial charge >= 0.3 is 0 Å². The maximum absolute atomic E-state index is 9.47. The van der Waals surface area contributed by atoms with Gasteiger partial charge in [-0.3, -0.25) is 0 Å². The largest absolute Gasteiger partial charge is 0.393 e. The van der Waals surface area contributed by atoms with Crippen LogP contribution in [0.3, 0.4) is 0 Å². The molecule has 2 rings (SSSR count). The van der Waals surface area contributed by atoms with Gasteiger partial charge in [0.1, 0.15) is 0 Å². The average Bonchev–Trinajstić information content (AvgIpc) is 2.05.